The second-order valence-corrected chi connectivity index (χ2v) is 4.92. The van der Waals surface area contributed by atoms with Crippen molar-refractivity contribution >= 4 is 23.2 Å². The minimum absolute atomic E-state index is 0.403. The molecule has 0 atom stereocenters. The predicted molar refractivity (Wildman–Crippen MR) is 76.9 cm³/mol. The molecule has 0 saturated carbocycles. The zero-order valence-electron chi connectivity index (χ0n) is 10.6. The van der Waals surface area contributed by atoms with Gasteiger partial charge in [-0.3, -0.25) is 0 Å². The predicted octanol–water partition coefficient (Wildman–Crippen LogP) is 4.53. The summed E-state index contributed by atoms with van der Waals surface area (Å²) in [6.45, 7) is 4.17. The fourth-order valence-corrected chi connectivity index (χ4v) is 2.66. The van der Waals surface area contributed by atoms with Crippen LogP contribution in [0.5, 0.6) is 0 Å². The summed E-state index contributed by atoms with van der Waals surface area (Å²) in [6.07, 6.45) is 1.94. The lowest BCUT2D eigenvalue weighted by molar-refractivity contribution is 0.802. The highest BCUT2D eigenvalue weighted by molar-refractivity contribution is 6.31. The van der Waals surface area contributed by atoms with Crippen molar-refractivity contribution in [2.75, 3.05) is 0 Å². The van der Waals surface area contributed by atoms with Gasteiger partial charge in [-0.15, -0.1) is 11.6 Å². The van der Waals surface area contributed by atoms with E-state index in [1.807, 2.05) is 31.2 Å². The number of benzene rings is 1. The summed E-state index contributed by atoms with van der Waals surface area (Å²) in [7, 11) is 0. The van der Waals surface area contributed by atoms with Gasteiger partial charge in [-0.25, -0.2) is 4.68 Å². The van der Waals surface area contributed by atoms with Crippen LogP contribution in [0.3, 0.4) is 0 Å². The number of nitrogens with zero attached hydrogens (tertiary/aromatic N) is 2. The fraction of sp³-hybridized carbons (Fsp3) is 0.357. The topological polar surface area (TPSA) is 17.8 Å². The van der Waals surface area contributed by atoms with Crippen LogP contribution >= 0.6 is 23.2 Å². The van der Waals surface area contributed by atoms with Crippen molar-refractivity contribution in [2.45, 2.75) is 32.6 Å². The van der Waals surface area contributed by atoms with Gasteiger partial charge in [0, 0.05) is 5.56 Å². The van der Waals surface area contributed by atoms with Gasteiger partial charge in [-0.05, 0) is 25.0 Å². The van der Waals surface area contributed by atoms with Gasteiger partial charge in [-0.2, -0.15) is 5.10 Å². The molecule has 0 aliphatic carbocycles. The molecule has 2 nitrogen and oxygen atoms in total. The number of rotatable bonds is 4. The molecule has 0 spiro atoms. The molecule has 0 saturated heterocycles. The van der Waals surface area contributed by atoms with E-state index in [1.165, 1.54) is 0 Å². The van der Waals surface area contributed by atoms with E-state index in [-0.39, 0.29) is 0 Å². The van der Waals surface area contributed by atoms with Crippen LogP contribution in [0.2, 0.25) is 5.15 Å². The molecular weight excluding hydrogens is 267 g/mol. The van der Waals surface area contributed by atoms with Crippen LogP contribution in [-0.4, -0.2) is 9.78 Å². The Morgan fingerprint density at radius 2 is 2.00 bits per heavy atom. The van der Waals surface area contributed by atoms with E-state index < -0.39 is 0 Å². The van der Waals surface area contributed by atoms with Crippen LogP contribution < -0.4 is 0 Å². The maximum atomic E-state index is 6.39. The number of aryl methyl sites for hydroxylation is 2. The number of hydrogen-bond donors (Lipinski definition) is 0. The third-order valence-corrected chi connectivity index (χ3v) is 3.62. The quantitative estimate of drug-likeness (QED) is 0.754. The van der Waals surface area contributed by atoms with Crippen molar-refractivity contribution < 1.29 is 0 Å². The lowest BCUT2D eigenvalue weighted by Crippen LogP contribution is -1.99. The standard InChI is InChI=1S/C14H16Cl2N2/c1-3-6-12-11(9-15)14(16)18(17-12)13-8-5-4-7-10(13)2/h4-5,7-8H,3,6,9H2,1-2H3. The van der Waals surface area contributed by atoms with E-state index in [2.05, 4.69) is 12.0 Å². The van der Waals surface area contributed by atoms with E-state index in [1.54, 1.807) is 4.68 Å². The molecule has 1 aromatic carbocycles. The summed E-state index contributed by atoms with van der Waals surface area (Å²) in [6, 6.07) is 8.06. The molecule has 0 amide bonds. The Kier molecular flexibility index (Phi) is 4.31. The van der Waals surface area contributed by atoms with Crippen LogP contribution in [0.15, 0.2) is 24.3 Å². The van der Waals surface area contributed by atoms with Gasteiger partial charge in [0.25, 0.3) is 0 Å². The number of aromatic nitrogens is 2. The van der Waals surface area contributed by atoms with Crippen LogP contribution in [0.4, 0.5) is 0 Å². The van der Waals surface area contributed by atoms with Gasteiger partial charge in [0.2, 0.25) is 0 Å². The third kappa shape index (κ3) is 2.40. The van der Waals surface area contributed by atoms with Crippen molar-refractivity contribution in [3.8, 4) is 5.69 Å². The monoisotopic (exact) mass is 282 g/mol. The van der Waals surface area contributed by atoms with Gasteiger partial charge in [0.1, 0.15) is 5.15 Å². The maximum absolute atomic E-state index is 6.39. The molecule has 1 heterocycles. The highest BCUT2D eigenvalue weighted by atomic mass is 35.5. The molecule has 1 aromatic heterocycles. The van der Waals surface area contributed by atoms with Crippen LogP contribution in [-0.2, 0) is 12.3 Å². The summed E-state index contributed by atoms with van der Waals surface area (Å²) in [5, 5.41) is 5.23. The number of halogens is 2. The second-order valence-electron chi connectivity index (χ2n) is 4.30. The number of para-hydroxylation sites is 1. The Morgan fingerprint density at radius 1 is 1.28 bits per heavy atom. The highest BCUT2D eigenvalue weighted by Crippen LogP contribution is 2.27. The molecular formula is C14H16Cl2N2. The van der Waals surface area contributed by atoms with Gasteiger partial charge in [0.05, 0.1) is 17.3 Å². The minimum Gasteiger partial charge on any atom is -0.221 e. The molecule has 0 fully saturated rings. The Hall–Kier alpha value is -0.990. The zero-order chi connectivity index (χ0) is 13.1. The highest BCUT2D eigenvalue weighted by Gasteiger charge is 2.16. The van der Waals surface area contributed by atoms with Gasteiger partial charge in [0.15, 0.2) is 0 Å². The molecule has 0 N–H and O–H groups in total. The van der Waals surface area contributed by atoms with E-state index in [0.29, 0.717) is 11.0 Å². The van der Waals surface area contributed by atoms with Crippen LogP contribution in [0.1, 0.15) is 30.2 Å². The van der Waals surface area contributed by atoms with Gasteiger partial charge >= 0.3 is 0 Å². The summed E-state index contributed by atoms with van der Waals surface area (Å²) >= 11 is 12.4. The van der Waals surface area contributed by atoms with Crippen molar-refractivity contribution in [2.24, 2.45) is 0 Å². The molecule has 0 aliphatic heterocycles. The van der Waals surface area contributed by atoms with Crippen LogP contribution in [0, 0.1) is 6.92 Å². The van der Waals surface area contributed by atoms with E-state index >= 15 is 0 Å². The second kappa shape index (κ2) is 5.77. The number of alkyl halides is 1. The first-order valence-corrected chi connectivity index (χ1v) is 6.98. The molecule has 4 heteroatoms. The Morgan fingerprint density at radius 3 is 2.61 bits per heavy atom. The smallest absolute Gasteiger partial charge is 0.137 e. The minimum atomic E-state index is 0.403. The fourth-order valence-electron chi connectivity index (χ4n) is 2.00. The van der Waals surface area contributed by atoms with E-state index in [0.717, 1.165) is 35.3 Å². The summed E-state index contributed by atoms with van der Waals surface area (Å²) in [5.74, 6) is 0.403. The molecule has 2 rings (SSSR count). The van der Waals surface area contributed by atoms with E-state index in [9.17, 15) is 0 Å². The molecule has 18 heavy (non-hydrogen) atoms. The molecule has 0 aliphatic rings. The SMILES string of the molecule is CCCc1nn(-c2ccccc2C)c(Cl)c1CCl. The lowest BCUT2D eigenvalue weighted by Gasteiger charge is -2.06. The average molecular weight is 283 g/mol. The maximum Gasteiger partial charge on any atom is 0.137 e. The van der Waals surface area contributed by atoms with Crippen molar-refractivity contribution in [3.63, 3.8) is 0 Å². The first-order valence-electron chi connectivity index (χ1n) is 6.07. The normalized spacial score (nSPS) is 10.9. The first-order chi connectivity index (χ1) is 8.69. The third-order valence-electron chi connectivity index (χ3n) is 2.97. The molecule has 2 aromatic rings. The molecule has 96 valence electrons. The van der Waals surface area contributed by atoms with Crippen LogP contribution in [0.25, 0.3) is 5.69 Å². The molecule has 0 radical (unpaired) electrons. The van der Waals surface area contributed by atoms with Crippen molar-refractivity contribution in [3.05, 3.63) is 46.2 Å². The molecule has 0 bridgehead atoms. The summed E-state index contributed by atoms with van der Waals surface area (Å²) in [4.78, 5) is 0. The van der Waals surface area contributed by atoms with Gasteiger partial charge < -0.3 is 0 Å². The Bertz CT molecular complexity index is 547. The Labute approximate surface area is 118 Å². The summed E-state index contributed by atoms with van der Waals surface area (Å²) in [5.41, 5.74) is 4.10. The Balaban J connectivity index is 2.55. The summed E-state index contributed by atoms with van der Waals surface area (Å²) < 4.78 is 1.79. The van der Waals surface area contributed by atoms with E-state index in [4.69, 9.17) is 23.2 Å². The number of hydrogen-bond acceptors (Lipinski definition) is 1. The first kappa shape index (κ1) is 13.4. The van der Waals surface area contributed by atoms with Crippen molar-refractivity contribution in [1.29, 1.82) is 0 Å². The lowest BCUT2D eigenvalue weighted by atomic mass is 10.2. The van der Waals surface area contributed by atoms with Crippen molar-refractivity contribution in [1.82, 2.24) is 9.78 Å². The average Bonchev–Trinajstić information content (AvgIpc) is 2.67. The largest absolute Gasteiger partial charge is 0.221 e. The molecule has 0 unspecified atom stereocenters. The zero-order valence-corrected chi connectivity index (χ0v) is 12.1. The van der Waals surface area contributed by atoms with Gasteiger partial charge in [-0.1, -0.05) is 43.1 Å².